The van der Waals surface area contributed by atoms with Crippen molar-refractivity contribution in [1.82, 2.24) is 4.98 Å². The van der Waals surface area contributed by atoms with Crippen LogP contribution in [0.4, 0.5) is 5.82 Å². The Hall–Kier alpha value is -1.05. The Labute approximate surface area is 79.6 Å². The van der Waals surface area contributed by atoms with Gasteiger partial charge in [-0.25, -0.2) is 4.98 Å². The second-order valence-corrected chi connectivity index (χ2v) is 3.99. The molecule has 1 aliphatic carbocycles. The van der Waals surface area contributed by atoms with E-state index in [1.807, 2.05) is 0 Å². The standard InChI is InChI=1S/C11H16N2/c1-8-6-9(2)12-11(7-8)13(3)10-4-5-10/h6-7,10H,4-5H2,1-3H3. The van der Waals surface area contributed by atoms with E-state index in [0.29, 0.717) is 0 Å². The predicted octanol–water partition coefficient (Wildman–Crippen LogP) is 2.30. The normalized spacial score (nSPS) is 15.9. The summed E-state index contributed by atoms with van der Waals surface area (Å²) < 4.78 is 0. The van der Waals surface area contributed by atoms with E-state index in [4.69, 9.17) is 0 Å². The summed E-state index contributed by atoms with van der Waals surface area (Å²) in [6.07, 6.45) is 2.65. The van der Waals surface area contributed by atoms with Gasteiger partial charge in [-0.3, -0.25) is 0 Å². The van der Waals surface area contributed by atoms with Crippen LogP contribution in [0.2, 0.25) is 0 Å². The largest absolute Gasteiger partial charge is 0.357 e. The van der Waals surface area contributed by atoms with Crippen LogP contribution >= 0.6 is 0 Å². The molecule has 2 rings (SSSR count). The van der Waals surface area contributed by atoms with Crippen LogP contribution in [-0.4, -0.2) is 18.1 Å². The van der Waals surface area contributed by atoms with Crippen LogP contribution in [0, 0.1) is 13.8 Å². The number of nitrogens with zero attached hydrogens (tertiary/aromatic N) is 2. The third kappa shape index (κ3) is 1.82. The highest BCUT2D eigenvalue weighted by Crippen LogP contribution is 2.29. The van der Waals surface area contributed by atoms with Crippen molar-refractivity contribution in [1.29, 1.82) is 0 Å². The first-order valence-electron chi connectivity index (χ1n) is 4.85. The summed E-state index contributed by atoms with van der Waals surface area (Å²) in [5.41, 5.74) is 2.41. The first-order chi connectivity index (χ1) is 6.16. The van der Waals surface area contributed by atoms with Gasteiger partial charge in [-0.2, -0.15) is 0 Å². The Bertz CT molecular complexity index is 296. The first-order valence-corrected chi connectivity index (χ1v) is 4.85. The van der Waals surface area contributed by atoms with Crippen LogP contribution in [0.3, 0.4) is 0 Å². The minimum atomic E-state index is 0.744. The molecule has 1 aromatic rings. The van der Waals surface area contributed by atoms with E-state index >= 15 is 0 Å². The van der Waals surface area contributed by atoms with E-state index in [1.165, 1.54) is 18.4 Å². The van der Waals surface area contributed by atoms with Crippen molar-refractivity contribution in [3.05, 3.63) is 23.4 Å². The zero-order valence-electron chi connectivity index (χ0n) is 8.54. The summed E-state index contributed by atoms with van der Waals surface area (Å²) in [7, 11) is 2.14. The van der Waals surface area contributed by atoms with E-state index in [-0.39, 0.29) is 0 Å². The van der Waals surface area contributed by atoms with Crippen molar-refractivity contribution < 1.29 is 0 Å². The van der Waals surface area contributed by atoms with Crippen LogP contribution in [0.25, 0.3) is 0 Å². The van der Waals surface area contributed by atoms with Gasteiger partial charge in [-0.05, 0) is 44.4 Å². The third-order valence-electron chi connectivity index (χ3n) is 2.54. The molecule has 2 heteroatoms. The fourth-order valence-electron chi connectivity index (χ4n) is 1.65. The van der Waals surface area contributed by atoms with Gasteiger partial charge in [-0.15, -0.1) is 0 Å². The van der Waals surface area contributed by atoms with E-state index in [0.717, 1.165) is 17.6 Å². The summed E-state index contributed by atoms with van der Waals surface area (Å²) in [6, 6.07) is 5.02. The zero-order chi connectivity index (χ0) is 9.42. The van der Waals surface area contributed by atoms with Crippen LogP contribution in [0.5, 0.6) is 0 Å². The molecule has 1 aliphatic rings. The molecule has 0 aromatic carbocycles. The molecular formula is C11H16N2. The Morgan fingerprint density at radius 1 is 1.31 bits per heavy atom. The summed E-state index contributed by atoms with van der Waals surface area (Å²) in [6.45, 7) is 4.18. The predicted molar refractivity (Wildman–Crippen MR) is 55.1 cm³/mol. The molecule has 0 radical (unpaired) electrons. The molecular weight excluding hydrogens is 160 g/mol. The minimum absolute atomic E-state index is 0.744. The van der Waals surface area contributed by atoms with Gasteiger partial charge in [0.2, 0.25) is 0 Å². The van der Waals surface area contributed by atoms with Gasteiger partial charge < -0.3 is 4.90 Å². The van der Waals surface area contributed by atoms with Crippen molar-refractivity contribution in [3.63, 3.8) is 0 Å². The van der Waals surface area contributed by atoms with Crippen molar-refractivity contribution in [2.45, 2.75) is 32.7 Å². The molecule has 0 aliphatic heterocycles. The highest BCUT2D eigenvalue weighted by Gasteiger charge is 2.27. The molecule has 0 amide bonds. The maximum atomic E-state index is 4.52. The van der Waals surface area contributed by atoms with Crippen LogP contribution < -0.4 is 4.90 Å². The molecule has 0 atom stereocenters. The Kier molecular flexibility index (Phi) is 1.98. The fourth-order valence-corrected chi connectivity index (χ4v) is 1.65. The number of pyridine rings is 1. The highest BCUT2D eigenvalue weighted by atomic mass is 15.2. The molecule has 0 unspecified atom stereocenters. The number of aromatic nitrogens is 1. The monoisotopic (exact) mass is 176 g/mol. The maximum Gasteiger partial charge on any atom is 0.129 e. The smallest absolute Gasteiger partial charge is 0.129 e. The van der Waals surface area contributed by atoms with Crippen molar-refractivity contribution in [3.8, 4) is 0 Å². The van der Waals surface area contributed by atoms with E-state index < -0.39 is 0 Å². The highest BCUT2D eigenvalue weighted by molar-refractivity contribution is 5.43. The van der Waals surface area contributed by atoms with E-state index in [9.17, 15) is 0 Å². The Morgan fingerprint density at radius 3 is 2.54 bits per heavy atom. The van der Waals surface area contributed by atoms with Gasteiger partial charge in [0.25, 0.3) is 0 Å². The fraction of sp³-hybridized carbons (Fsp3) is 0.545. The summed E-state index contributed by atoms with van der Waals surface area (Å²) in [5, 5.41) is 0. The summed E-state index contributed by atoms with van der Waals surface area (Å²) >= 11 is 0. The zero-order valence-corrected chi connectivity index (χ0v) is 8.54. The number of rotatable bonds is 2. The molecule has 1 fully saturated rings. The van der Waals surface area contributed by atoms with Crippen LogP contribution in [0.1, 0.15) is 24.1 Å². The van der Waals surface area contributed by atoms with Crippen molar-refractivity contribution in [2.75, 3.05) is 11.9 Å². The third-order valence-corrected chi connectivity index (χ3v) is 2.54. The van der Waals surface area contributed by atoms with Gasteiger partial charge in [-0.1, -0.05) is 0 Å². The molecule has 0 spiro atoms. The molecule has 13 heavy (non-hydrogen) atoms. The lowest BCUT2D eigenvalue weighted by Crippen LogP contribution is -2.20. The van der Waals surface area contributed by atoms with Gasteiger partial charge in [0.15, 0.2) is 0 Å². The lowest BCUT2D eigenvalue weighted by molar-refractivity contribution is 0.885. The Morgan fingerprint density at radius 2 is 2.00 bits per heavy atom. The molecule has 1 heterocycles. The van der Waals surface area contributed by atoms with Gasteiger partial charge in [0, 0.05) is 18.8 Å². The minimum Gasteiger partial charge on any atom is -0.357 e. The van der Waals surface area contributed by atoms with Crippen molar-refractivity contribution >= 4 is 5.82 Å². The number of hydrogen-bond acceptors (Lipinski definition) is 2. The quantitative estimate of drug-likeness (QED) is 0.687. The molecule has 0 bridgehead atoms. The van der Waals surface area contributed by atoms with Crippen molar-refractivity contribution in [2.24, 2.45) is 0 Å². The number of aryl methyl sites for hydroxylation is 2. The van der Waals surface area contributed by atoms with Gasteiger partial charge in [0.1, 0.15) is 5.82 Å². The van der Waals surface area contributed by atoms with Gasteiger partial charge >= 0.3 is 0 Å². The Balaban J connectivity index is 2.27. The number of anilines is 1. The van der Waals surface area contributed by atoms with Gasteiger partial charge in [0.05, 0.1) is 0 Å². The molecule has 1 saturated carbocycles. The lowest BCUT2D eigenvalue weighted by atomic mass is 10.2. The molecule has 2 nitrogen and oxygen atoms in total. The molecule has 0 N–H and O–H groups in total. The summed E-state index contributed by atoms with van der Waals surface area (Å²) in [4.78, 5) is 6.81. The molecule has 0 saturated heterocycles. The maximum absolute atomic E-state index is 4.52. The SMILES string of the molecule is Cc1cc(C)nc(N(C)C2CC2)c1. The first kappa shape index (κ1) is 8.54. The average molecular weight is 176 g/mol. The van der Waals surface area contributed by atoms with E-state index in [1.54, 1.807) is 0 Å². The second-order valence-electron chi connectivity index (χ2n) is 3.99. The molecule has 70 valence electrons. The van der Waals surface area contributed by atoms with E-state index in [2.05, 4.69) is 42.9 Å². The number of hydrogen-bond donors (Lipinski definition) is 0. The second kappa shape index (κ2) is 3.02. The van der Waals surface area contributed by atoms with Crippen LogP contribution in [0.15, 0.2) is 12.1 Å². The molecule has 1 aromatic heterocycles. The topological polar surface area (TPSA) is 16.1 Å². The van der Waals surface area contributed by atoms with Crippen LogP contribution in [-0.2, 0) is 0 Å². The summed E-state index contributed by atoms with van der Waals surface area (Å²) in [5.74, 6) is 1.13. The average Bonchev–Trinajstić information content (AvgIpc) is 2.83. The lowest BCUT2D eigenvalue weighted by Gasteiger charge is -2.18.